The predicted molar refractivity (Wildman–Crippen MR) is 116 cm³/mol. The summed E-state index contributed by atoms with van der Waals surface area (Å²) in [6, 6.07) is 8.98. The number of carbonyl (C=O) groups is 1. The number of methoxy groups -OCH3 is 1. The van der Waals surface area contributed by atoms with Crippen molar-refractivity contribution in [1.82, 2.24) is 14.5 Å². The van der Waals surface area contributed by atoms with Gasteiger partial charge in [-0.3, -0.25) is 4.79 Å². The van der Waals surface area contributed by atoms with Gasteiger partial charge in [0.15, 0.2) is 0 Å². The highest BCUT2D eigenvalue weighted by atomic mass is 32.2. The Labute approximate surface area is 183 Å². The van der Waals surface area contributed by atoms with E-state index in [9.17, 15) is 13.2 Å². The molecule has 0 unspecified atom stereocenters. The Hall–Kier alpha value is -2.49. The van der Waals surface area contributed by atoms with Crippen LogP contribution in [0.25, 0.3) is 0 Å². The molecule has 0 saturated carbocycles. The number of allylic oxidation sites excluding steroid dienone is 1. The second-order valence-corrected chi connectivity index (χ2v) is 9.40. The second kappa shape index (κ2) is 10.7. The number of nitrogens with zero attached hydrogens (tertiary/aromatic N) is 3. The Morgan fingerprint density at radius 1 is 1.39 bits per heavy atom. The van der Waals surface area contributed by atoms with Gasteiger partial charge in [0.25, 0.3) is 0 Å². The summed E-state index contributed by atoms with van der Waals surface area (Å²) in [5.74, 6) is -0.332. The molecule has 1 aliphatic heterocycles. The maximum atomic E-state index is 13.1. The van der Waals surface area contributed by atoms with E-state index in [2.05, 4.69) is 11.6 Å². The first-order valence-corrected chi connectivity index (χ1v) is 11.9. The molecular weight excluding hydrogens is 418 g/mol. The van der Waals surface area contributed by atoms with Crippen molar-refractivity contribution in [2.75, 3.05) is 26.9 Å². The fourth-order valence-electron chi connectivity index (χ4n) is 3.65. The second-order valence-electron chi connectivity index (χ2n) is 7.52. The van der Waals surface area contributed by atoms with E-state index in [4.69, 9.17) is 9.47 Å². The van der Waals surface area contributed by atoms with E-state index in [-0.39, 0.29) is 42.6 Å². The van der Waals surface area contributed by atoms with E-state index in [0.29, 0.717) is 24.4 Å². The molecule has 1 amide bonds. The smallest absolute Gasteiger partial charge is 0.248 e. The maximum Gasteiger partial charge on any atom is 0.248 e. The molecule has 168 valence electrons. The summed E-state index contributed by atoms with van der Waals surface area (Å²) in [6.45, 7) is 5.29. The predicted octanol–water partition coefficient (Wildman–Crippen LogP) is 2.20. The largest absolute Gasteiger partial charge is 0.376 e. The van der Waals surface area contributed by atoms with Crippen LogP contribution in [-0.2, 0) is 42.9 Å². The van der Waals surface area contributed by atoms with Crippen LogP contribution in [0.2, 0.25) is 0 Å². The summed E-state index contributed by atoms with van der Waals surface area (Å²) in [5, 5.41) is -0.0255. The van der Waals surface area contributed by atoms with Gasteiger partial charge < -0.3 is 18.9 Å². The molecule has 1 atom stereocenters. The van der Waals surface area contributed by atoms with Gasteiger partial charge >= 0.3 is 0 Å². The van der Waals surface area contributed by atoms with Gasteiger partial charge in [0, 0.05) is 26.8 Å². The molecule has 0 radical (unpaired) electrons. The summed E-state index contributed by atoms with van der Waals surface area (Å²) in [7, 11) is -2.21. The van der Waals surface area contributed by atoms with Crippen LogP contribution in [0.4, 0.5) is 0 Å². The number of hydrogen-bond donors (Lipinski definition) is 0. The molecule has 1 aliphatic rings. The standard InChI is InChI=1S/C22H29N3O5S/c1-3-11-25-19(14-24(21(26)16-29-2)15-20-10-7-12-30-20)13-23-22(25)31(27,28)17-18-8-5-4-6-9-18/h3-6,8-9,13,20H,1,7,10-12,14-17H2,2H3/t20-/m0/s1. The van der Waals surface area contributed by atoms with Crippen LogP contribution in [0.1, 0.15) is 24.1 Å². The van der Waals surface area contributed by atoms with Crippen LogP contribution in [0, 0.1) is 0 Å². The number of ether oxygens (including phenoxy) is 2. The molecule has 9 heteroatoms. The number of rotatable bonds is 11. The molecule has 8 nitrogen and oxygen atoms in total. The summed E-state index contributed by atoms with van der Waals surface area (Å²) in [6.07, 6.45) is 4.96. The number of benzene rings is 1. The van der Waals surface area contributed by atoms with E-state index in [0.717, 1.165) is 12.8 Å². The molecule has 31 heavy (non-hydrogen) atoms. The zero-order valence-corrected chi connectivity index (χ0v) is 18.6. The Morgan fingerprint density at radius 2 is 2.16 bits per heavy atom. The van der Waals surface area contributed by atoms with Crippen molar-refractivity contribution in [2.45, 2.75) is 42.9 Å². The molecule has 2 heterocycles. The van der Waals surface area contributed by atoms with E-state index in [1.807, 2.05) is 6.07 Å². The molecule has 0 N–H and O–H groups in total. The molecule has 0 spiro atoms. The molecular formula is C22H29N3O5S. The number of carbonyl (C=O) groups excluding carboxylic acids is 1. The molecule has 1 saturated heterocycles. The van der Waals surface area contributed by atoms with Crippen LogP contribution in [0.15, 0.2) is 54.3 Å². The van der Waals surface area contributed by atoms with Crippen LogP contribution in [0.3, 0.4) is 0 Å². The third kappa shape index (κ3) is 6.03. The lowest BCUT2D eigenvalue weighted by Crippen LogP contribution is -2.39. The number of hydrogen-bond acceptors (Lipinski definition) is 6. The van der Waals surface area contributed by atoms with E-state index < -0.39 is 9.84 Å². The molecule has 1 aromatic heterocycles. The minimum atomic E-state index is -3.68. The highest BCUT2D eigenvalue weighted by Gasteiger charge is 2.27. The lowest BCUT2D eigenvalue weighted by molar-refractivity contribution is -0.137. The average Bonchev–Trinajstić information content (AvgIpc) is 3.39. The topological polar surface area (TPSA) is 90.7 Å². The normalized spacial score (nSPS) is 16.4. The van der Waals surface area contributed by atoms with Gasteiger partial charge in [0.1, 0.15) is 6.61 Å². The third-order valence-corrected chi connectivity index (χ3v) is 6.71. The summed E-state index contributed by atoms with van der Waals surface area (Å²) in [5.41, 5.74) is 1.31. The molecule has 0 aliphatic carbocycles. The Balaban J connectivity index is 1.86. The summed E-state index contributed by atoms with van der Waals surface area (Å²) >= 11 is 0. The van der Waals surface area contributed by atoms with Crippen molar-refractivity contribution in [3.63, 3.8) is 0 Å². The van der Waals surface area contributed by atoms with Crippen LogP contribution < -0.4 is 0 Å². The third-order valence-electron chi connectivity index (χ3n) is 5.11. The van der Waals surface area contributed by atoms with Crippen LogP contribution in [-0.4, -0.2) is 61.7 Å². The van der Waals surface area contributed by atoms with Crippen molar-refractivity contribution >= 4 is 15.7 Å². The highest BCUT2D eigenvalue weighted by Crippen LogP contribution is 2.20. The number of aromatic nitrogens is 2. The van der Waals surface area contributed by atoms with Gasteiger partial charge in [0.2, 0.25) is 20.9 Å². The first kappa shape index (κ1) is 23.2. The zero-order chi connectivity index (χ0) is 22.3. The van der Waals surface area contributed by atoms with Crippen LogP contribution in [0.5, 0.6) is 0 Å². The highest BCUT2D eigenvalue weighted by molar-refractivity contribution is 7.90. The van der Waals surface area contributed by atoms with Crippen molar-refractivity contribution in [1.29, 1.82) is 0 Å². The van der Waals surface area contributed by atoms with Crippen molar-refractivity contribution in [3.05, 3.63) is 60.4 Å². The van der Waals surface area contributed by atoms with Gasteiger partial charge in [-0.1, -0.05) is 36.4 Å². The number of imidazole rings is 1. The number of sulfone groups is 1. The molecule has 3 rings (SSSR count). The van der Waals surface area contributed by atoms with Crippen molar-refractivity contribution in [3.8, 4) is 0 Å². The lowest BCUT2D eigenvalue weighted by Gasteiger charge is -2.25. The Bertz CT molecular complexity index is 982. The first-order chi connectivity index (χ1) is 14.9. The van der Waals surface area contributed by atoms with Crippen LogP contribution >= 0.6 is 0 Å². The van der Waals surface area contributed by atoms with E-state index in [1.54, 1.807) is 39.8 Å². The van der Waals surface area contributed by atoms with Gasteiger partial charge in [-0.15, -0.1) is 6.58 Å². The van der Waals surface area contributed by atoms with Gasteiger partial charge in [0.05, 0.1) is 30.3 Å². The maximum absolute atomic E-state index is 13.1. The fraction of sp³-hybridized carbons (Fsp3) is 0.455. The summed E-state index contributed by atoms with van der Waals surface area (Å²) in [4.78, 5) is 18.5. The average molecular weight is 448 g/mol. The lowest BCUT2D eigenvalue weighted by atomic mass is 10.2. The minimum absolute atomic E-state index is 0.0255. The van der Waals surface area contributed by atoms with Gasteiger partial charge in [-0.05, 0) is 18.4 Å². The molecule has 1 fully saturated rings. The van der Waals surface area contributed by atoms with E-state index >= 15 is 0 Å². The monoisotopic (exact) mass is 447 g/mol. The molecule has 1 aromatic carbocycles. The fourth-order valence-corrected chi connectivity index (χ4v) is 5.15. The van der Waals surface area contributed by atoms with Crippen molar-refractivity contribution in [2.24, 2.45) is 0 Å². The zero-order valence-electron chi connectivity index (χ0n) is 17.8. The molecule has 0 bridgehead atoms. The quantitative estimate of drug-likeness (QED) is 0.491. The first-order valence-electron chi connectivity index (χ1n) is 10.2. The van der Waals surface area contributed by atoms with Gasteiger partial charge in [-0.2, -0.15) is 0 Å². The van der Waals surface area contributed by atoms with Gasteiger partial charge in [-0.25, -0.2) is 13.4 Å². The number of amides is 1. The van der Waals surface area contributed by atoms with Crippen molar-refractivity contribution < 1.29 is 22.7 Å². The SMILES string of the molecule is C=CCn1c(CN(C[C@@H]2CCCO2)C(=O)COC)cnc1S(=O)(=O)Cc1ccccc1. The van der Waals surface area contributed by atoms with E-state index in [1.165, 1.54) is 13.3 Å². The Kier molecular flexibility index (Phi) is 8.00. The molecule has 2 aromatic rings. The summed E-state index contributed by atoms with van der Waals surface area (Å²) < 4.78 is 38.5. The minimum Gasteiger partial charge on any atom is -0.376 e. The Morgan fingerprint density at radius 3 is 2.81 bits per heavy atom.